The Labute approximate surface area is 89.1 Å². The van der Waals surface area contributed by atoms with Crippen LogP contribution in [0.2, 0.25) is 0 Å². The van der Waals surface area contributed by atoms with Crippen LogP contribution in [0.15, 0.2) is 24.3 Å². The lowest BCUT2D eigenvalue weighted by Gasteiger charge is -2.17. The molecule has 1 atom stereocenters. The molecule has 0 heterocycles. The quantitative estimate of drug-likeness (QED) is 0.775. The van der Waals surface area contributed by atoms with Crippen molar-refractivity contribution in [1.29, 1.82) is 0 Å². The zero-order valence-corrected chi connectivity index (χ0v) is 8.62. The Bertz CT molecular complexity index is 325. The van der Waals surface area contributed by atoms with Crippen LogP contribution in [0.1, 0.15) is 24.4 Å². The van der Waals surface area contributed by atoms with Crippen LogP contribution in [0.3, 0.4) is 0 Å². The van der Waals surface area contributed by atoms with Crippen LogP contribution >= 0.6 is 0 Å². The summed E-state index contributed by atoms with van der Waals surface area (Å²) in [5.74, 6) is 0.477. The van der Waals surface area contributed by atoms with E-state index in [2.05, 4.69) is 5.32 Å². The van der Waals surface area contributed by atoms with E-state index in [9.17, 15) is 9.50 Å². The lowest BCUT2D eigenvalue weighted by molar-refractivity contribution is 0.240. The molecule has 1 unspecified atom stereocenters. The predicted molar refractivity (Wildman–Crippen MR) is 57.0 cm³/mol. The maximum absolute atomic E-state index is 13.4. The van der Waals surface area contributed by atoms with E-state index in [1.807, 2.05) is 0 Å². The number of aliphatic hydroxyl groups is 1. The number of aliphatic hydroxyl groups excluding tert-OH is 1. The first kappa shape index (κ1) is 10.6. The SMILES string of the molecule is OCC(NCC1CC1)c1ccccc1F. The van der Waals surface area contributed by atoms with E-state index in [-0.39, 0.29) is 18.5 Å². The largest absolute Gasteiger partial charge is 0.394 e. The zero-order chi connectivity index (χ0) is 10.7. The van der Waals surface area contributed by atoms with Crippen molar-refractivity contribution in [2.45, 2.75) is 18.9 Å². The van der Waals surface area contributed by atoms with E-state index in [1.54, 1.807) is 18.2 Å². The molecule has 0 aliphatic heterocycles. The molecule has 1 aromatic carbocycles. The molecule has 1 saturated carbocycles. The van der Waals surface area contributed by atoms with Crippen LogP contribution < -0.4 is 5.32 Å². The smallest absolute Gasteiger partial charge is 0.128 e. The molecule has 1 aliphatic rings. The van der Waals surface area contributed by atoms with Crippen LogP contribution in [-0.2, 0) is 0 Å². The summed E-state index contributed by atoms with van der Waals surface area (Å²) in [6.45, 7) is 0.813. The van der Waals surface area contributed by atoms with Crippen LogP contribution in [0.5, 0.6) is 0 Å². The molecular weight excluding hydrogens is 193 g/mol. The molecule has 3 heteroatoms. The van der Waals surface area contributed by atoms with Crippen molar-refractivity contribution in [3.63, 3.8) is 0 Å². The van der Waals surface area contributed by atoms with Crippen molar-refractivity contribution in [3.05, 3.63) is 35.6 Å². The first-order valence-corrected chi connectivity index (χ1v) is 5.40. The molecule has 1 aromatic rings. The molecular formula is C12H16FNO. The van der Waals surface area contributed by atoms with Gasteiger partial charge in [-0.3, -0.25) is 0 Å². The lowest BCUT2D eigenvalue weighted by atomic mass is 10.1. The molecule has 0 radical (unpaired) electrons. The van der Waals surface area contributed by atoms with Crippen LogP contribution in [0.4, 0.5) is 4.39 Å². The molecule has 2 rings (SSSR count). The maximum Gasteiger partial charge on any atom is 0.128 e. The lowest BCUT2D eigenvalue weighted by Crippen LogP contribution is -2.27. The maximum atomic E-state index is 13.4. The number of hydrogen-bond acceptors (Lipinski definition) is 2. The molecule has 1 aliphatic carbocycles. The highest BCUT2D eigenvalue weighted by molar-refractivity contribution is 5.21. The van der Waals surface area contributed by atoms with E-state index in [0.29, 0.717) is 5.56 Å². The van der Waals surface area contributed by atoms with Crippen molar-refractivity contribution in [2.24, 2.45) is 5.92 Å². The van der Waals surface area contributed by atoms with Gasteiger partial charge in [0.1, 0.15) is 5.82 Å². The van der Waals surface area contributed by atoms with Crippen LogP contribution in [-0.4, -0.2) is 18.3 Å². The summed E-state index contributed by atoms with van der Waals surface area (Å²) < 4.78 is 13.4. The van der Waals surface area contributed by atoms with E-state index in [0.717, 1.165) is 12.5 Å². The number of nitrogens with one attached hydrogen (secondary N) is 1. The standard InChI is InChI=1S/C12H16FNO/c13-11-4-2-1-3-10(11)12(8-15)14-7-9-5-6-9/h1-4,9,12,14-15H,5-8H2. The molecule has 0 saturated heterocycles. The van der Waals surface area contributed by atoms with Gasteiger partial charge in [0, 0.05) is 5.56 Å². The summed E-state index contributed by atoms with van der Waals surface area (Å²) >= 11 is 0. The van der Waals surface area contributed by atoms with Gasteiger partial charge in [-0.2, -0.15) is 0 Å². The molecule has 82 valence electrons. The van der Waals surface area contributed by atoms with Crippen molar-refractivity contribution in [3.8, 4) is 0 Å². The van der Waals surface area contributed by atoms with E-state index >= 15 is 0 Å². The van der Waals surface area contributed by atoms with Crippen LogP contribution in [0.25, 0.3) is 0 Å². The summed E-state index contributed by atoms with van der Waals surface area (Å²) in [5, 5.41) is 12.4. The summed E-state index contributed by atoms with van der Waals surface area (Å²) in [7, 11) is 0. The van der Waals surface area contributed by atoms with Crippen LogP contribution in [0, 0.1) is 11.7 Å². The first-order chi connectivity index (χ1) is 7.31. The van der Waals surface area contributed by atoms with E-state index in [4.69, 9.17) is 0 Å². The first-order valence-electron chi connectivity index (χ1n) is 5.40. The Kier molecular flexibility index (Phi) is 3.34. The molecule has 0 amide bonds. The molecule has 2 N–H and O–H groups in total. The summed E-state index contributed by atoms with van der Waals surface area (Å²) in [6, 6.07) is 6.33. The third-order valence-corrected chi connectivity index (χ3v) is 2.81. The summed E-state index contributed by atoms with van der Waals surface area (Å²) in [4.78, 5) is 0. The Hall–Kier alpha value is -0.930. The molecule has 0 spiro atoms. The van der Waals surface area contributed by atoms with E-state index in [1.165, 1.54) is 18.9 Å². The second kappa shape index (κ2) is 4.73. The van der Waals surface area contributed by atoms with Gasteiger partial charge in [-0.1, -0.05) is 18.2 Å². The average Bonchev–Trinajstić information content (AvgIpc) is 3.05. The second-order valence-corrected chi connectivity index (χ2v) is 4.11. The molecule has 0 aromatic heterocycles. The third-order valence-electron chi connectivity index (χ3n) is 2.81. The van der Waals surface area contributed by atoms with Gasteiger partial charge in [-0.15, -0.1) is 0 Å². The summed E-state index contributed by atoms with van der Waals surface area (Å²) in [5.41, 5.74) is 0.556. The van der Waals surface area contributed by atoms with Gasteiger partial charge in [0.05, 0.1) is 12.6 Å². The monoisotopic (exact) mass is 209 g/mol. The fourth-order valence-corrected chi connectivity index (χ4v) is 1.66. The molecule has 2 nitrogen and oxygen atoms in total. The number of hydrogen-bond donors (Lipinski definition) is 2. The van der Waals surface area contributed by atoms with Crippen molar-refractivity contribution in [2.75, 3.05) is 13.2 Å². The van der Waals surface area contributed by atoms with Gasteiger partial charge in [0.25, 0.3) is 0 Å². The Balaban J connectivity index is 2.00. The minimum absolute atomic E-state index is 0.0619. The van der Waals surface area contributed by atoms with Crippen molar-refractivity contribution in [1.82, 2.24) is 5.32 Å². The minimum Gasteiger partial charge on any atom is -0.394 e. The third kappa shape index (κ3) is 2.76. The normalized spacial score (nSPS) is 17.7. The highest BCUT2D eigenvalue weighted by Gasteiger charge is 2.23. The highest BCUT2D eigenvalue weighted by Crippen LogP contribution is 2.28. The van der Waals surface area contributed by atoms with Gasteiger partial charge in [0.15, 0.2) is 0 Å². The molecule has 1 fully saturated rings. The van der Waals surface area contributed by atoms with Gasteiger partial charge in [-0.25, -0.2) is 4.39 Å². The summed E-state index contributed by atoms with van der Waals surface area (Å²) in [6.07, 6.45) is 2.50. The Morgan fingerprint density at radius 1 is 1.40 bits per heavy atom. The topological polar surface area (TPSA) is 32.3 Å². The highest BCUT2D eigenvalue weighted by atomic mass is 19.1. The van der Waals surface area contributed by atoms with Gasteiger partial charge < -0.3 is 10.4 Å². The molecule has 0 bridgehead atoms. The Morgan fingerprint density at radius 3 is 2.73 bits per heavy atom. The average molecular weight is 209 g/mol. The number of benzene rings is 1. The van der Waals surface area contributed by atoms with Gasteiger partial charge in [-0.05, 0) is 31.4 Å². The van der Waals surface area contributed by atoms with Crippen molar-refractivity contribution >= 4 is 0 Å². The molecule has 15 heavy (non-hydrogen) atoms. The fraction of sp³-hybridized carbons (Fsp3) is 0.500. The minimum atomic E-state index is -0.271. The number of halogens is 1. The second-order valence-electron chi connectivity index (χ2n) is 4.11. The zero-order valence-electron chi connectivity index (χ0n) is 8.62. The fourth-order valence-electron chi connectivity index (χ4n) is 1.66. The van der Waals surface area contributed by atoms with Gasteiger partial charge >= 0.3 is 0 Å². The predicted octanol–water partition coefficient (Wildman–Crippen LogP) is 1.86. The van der Waals surface area contributed by atoms with Gasteiger partial charge in [0.2, 0.25) is 0 Å². The van der Waals surface area contributed by atoms with Crippen molar-refractivity contribution < 1.29 is 9.50 Å². The van der Waals surface area contributed by atoms with E-state index < -0.39 is 0 Å². The Morgan fingerprint density at radius 2 is 2.13 bits per heavy atom. The number of rotatable bonds is 5.